The Labute approximate surface area is 104 Å². The predicted octanol–water partition coefficient (Wildman–Crippen LogP) is 1.77. The summed E-state index contributed by atoms with van der Waals surface area (Å²) in [6.07, 6.45) is 9.21. The van der Waals surface area contributed by atoms with Crippen LogP contribution in [0.15, 0.2) is 4.99 Å². The van der Waals surface area contributed by atoms with E-state index in [0.29, 0.717) is 6.04 Å². The van der Waals surface area contributed by atoms with E-state index in [1.807, 2.05) is 0 Å². The van der Waals surface area contributed by atoms with Crippen molar-refractivity contribution in [2.75, 3.05) is 6.54 Å². The molecule has 2 aliphatic carbocycles. The van der Waals surface area contributed by atoms with Gasteiger partial charge in [0.15, 0.2) is 0 Å². The van der Waals surface area contributed by atoms with Crippen LogP contribution in [0.4, 0.5) is 0 Å². The summed E-state index contributed by atoms with van der Waals surface area (Å²) in [5.74, 6) is 7.89. The monoisotopic (exact) mass is 238 g/mol. The lowest BCUT2D eigenvalue weighted by Crippen LogP contribution is -2.45. The van der Waals surface area contributed by atoms with Gasteiger partial charge >= 0.3 is 0 Å². The minimum absolute atomic E-state index is 0.575. The van der Waals surface area contributed by atoms with Gasteiger partial charge in [0.25, 0.3) is 0 Å². The average Bonchev–Trinajstić information content (AvgIpc) is 2.96. The van der Waals surface area contributed by atoms with Gasteiger partial charge in [-0.25, -0.2) is 5.84 Å². The number of hydrogen-bond acceptors (Lipinski definition) is 2. The molecule has 0 aliphatic heterocycles. The number of hydrogen-bond donors (Lipinski definition) is 3. The molecule has 98 valence electrons. The number of aliphatic imine (C=N–C) groups is 1. The third kappa shape index (κ3) is 3.60. The second-order valence-electron chi connectivity index (χ2n) is 5.63. The molecule has 0 radical (unpaired) electrons. The second kappa shape index (κ2) is 6.24. The lowest BCUT2D eigenvalue weighted by atomic mass is 9.99. The summed E-state index contributed by atoms with van der Waals surface area (Å²) < 4.78 is 0. The Morgan fingerprint density at radius 2 is 1.94 bits per heavy atom. The number of nitrogens with one attached hydrogen (secondary N) is 2. The third-order valence-electron chi connectivity index (χ3n) is 4.36. The number of nitrogens with zero attached hydrogens (tertiary/aromatic N) is 1. The molecule has 2 unspecified atom stereocenters. The van der Waals surface area contributed by atoms with Crippen molar-refractivity contribution in [1.82, 2.24) is 10.7 Å². The molecule has 0 spiro atoms. The molecule has 4 heteroatoms. The summed E-state index contributed by atoms with van der Waals surface area (Å²) >= 11 is 0. The summed E-state index contributed by atoms with van der Waals surface area (Å²) in [6, 6.07) is 0.575. The van der Waals surface area contributed by atoms with Crippen LogP contribution in [0.25, 0.3) is 0 Å². The molecule has 2 fully saturated rings. The highest BCUT2D eigenvalue weighted by molar-refractivity contribution is 5.79. The van der Waals surface area contributed by atoms with Crippen molar-refractivity contribution in [3.05, 3.63) is 0 Å². The number of guanidine groups is 1. The van der Waals surface area contributed by atoms with Crippen LogP contribution in [0.5, 0.6) is 0 Å². The lowest BCUT2D eigenvalue weighted by molar-refractivity contribution is 0.428. The van der Waals surface area contributed by atoms with Gasteiger partial charge in [-0.3, -0.25) is 10.4 Å². The molecule has 2 aliphatic rings. The largest absolute Gasteiger partial charge is 0.353 e. The van der Waals surface area contributed by atoms with Gasteiger partial charge in [-0.2, -0.15) is 0 Å². The highest BCUT2D eigenvalue weighted by atomic mass is 15.3. The Hall–Kier alpha value is -0.770. The Morgan fingerprint density at radius 1 is 1.18 bits per heavy atom. The molecule has 0 aromatic rings. The van der Waals surface area contributed by atoms with E-state index >= 15 is 0 Å². The maximum absolute atomic E-state index is 5.53. The minimum Gasteiger partial charge on any atom is -0.353 e. The van der Waals surface area contributed by atoms with Crippen LogP contribution in [0.3, 0.4) is 0 Å². The maximum atomic E-state index is 5.53. The van der Waals surface area contributed by atoms with Crippen LogP contribution in [-0.4, -0.2) is 18.5 Å². The molecule has 0 aromatic carbocycles. The van der Waals surface area contributed by atoms with Gasteiger partial charge in [0, 0.05) is 12.6 Å². The van der Waals surface area contributed by atoms with Crippen molar-refractivity contribution in [1.29, 1.82) is 0 Å². The molecule has 17 heavy (non-hydrogen) atoms. The quantitative estimate of drug-likeness (QED) is 0.304. The SMILES string of the molecule is CC1CCCC1CN=C(NN)NC1CCCC1. The first-order valence-corrected chi connectivity index (χ1v) is 7.07. The first-order valence-electron chi connectivity index (χ1n) is 7.07. The molecule has 2 rings (SSSR count). The summed E-state index contributed by atoms with van der Waals surface area (Å²) in [5.41, 5.74) is 2.71. The van der Waals surface area contributed by atoms with Crippen LogP contribution in [0.2, 0.25) is 0 Å². The van der Waals surface area contributed by atoms with Crippen molar-refractivity contribution in [3.8, 4) is 0 Å². The maximum Gasteiger partial charge on any atom is 0.205 e. The van der Waals surface area contributed by atoms with Crippen LogP contribution < -0.4 is 16.6 Å². The van der Waals surface area contributed by atoms with Crippen LogP contribution >= 0.6 is 0 Å². The zero-order valence-electron chi connectivity index (χ0n) is 10.9. The topological polar surface area (TPSA) is 62.4 Å². The Kier molecular flexibility index (Phi) is 4.66. The molecule has 4 nitrogen and oxygen atoms in total. The summed E-state index contributed by atoms with van der Waals surface area (Å²) in [7, 11) is 0. The van der Waals surface area contributed by atoms with E-state index in [1.165, 1.54) is 44.9 Å². The number of hydrazine groups is 1. The zero-order valence-corrected chi connectivity index (χ0v) is 10.9. The van der Waals surface area contributed by atoms with Crippen molar-refractivity contribution in [2.24, 2.45) is 22.7 Å². The van der Waals surface area contributed by atoms with Crippen LogP contribution in [0.1, 0.15) is 51.9 Å². The van der Waals surface area contributed by atoms with Gasteiger partial charge in [0.05, 0.1) is 0 Å². The van der Waals surface area contributed by atoms with E-state index in [-0.39, 0.29) is 0 Å². The first-order chi connectivity index (χ1) is 8.29. The molecule has 4 N–H and O–H groups in total. The van der Waals surface area contributed by atoms with Gasteiger partial charge in [-0.1, -0.05) is 32.6 Å². The van der Waals surface area contributed by atoms with Crippen molar-refractivity contribution >= 4 is 5.96 Å². The molecular weight excluding hydrogens is 212 g/mol. The van der Waals surface area contributed by atoms with Crippen molar-refractivity contribution < 1.29 is 0 Å². The van der Waals surface area contributed by atoms with Crippen LogP contribution in [0, 0.1) is 11.8 Å². The predicted molar refractivity (Wildman–Crippen MR) is 71.5 cm³/mol. The molecule has 2 atom stereocenters. The Morgan fingerprint density at radius 3 is 2.53 bits per heavy atom. The van der Waals surface area contributed by atoms with Gasteiger partial charge < -0.3 is 5.32 Å². The fraction of sp³-hybridized carbons (Fsp3) is 0.923. The fourth-order valence-electron chi connectivity index (χ4n) is 3.10. The van der Waals surface area contributed by atoms with E-state index in [2.05, 4.69) is 22.7 Å². The van der Waals surface area contributed by atoms with E-state index in [1.54, 1.807) is 0 Å². The van der Waals surface area contributed by atoms with Crippen molar-refractivity contribution in [2.45, 2.75) is 57.9 Å². The fourth-order valence-corrected chi connectivity index (χ4v) is 3.10. The van der Waals surface area contributed by atoms with Gasteiger partial charge in [0.2, 0.25) is 5.96 Å². The van der Waals surface area contributed by atoms with Gasteiger partial charge in [-0.05, 0) is 31.1 Å². The van der Waals surface area contributed by atoms with E-state index < -0.39 is 0 Å². The second-order valence-corrected chi connectivity index (χ2v) is 5.63. The molecular formula is C13H26N4. The minimum atomic E-state index is 0.575. The van der Waals surface area contributed by atoms with Gasteiger partial charge in [0.1, 0.15) is 0 Å². The molecule has 0 saturated heterocycles. The van der Waals surface area contributed by atoms with E-state index in [9.17, 15) is 0 Å². The number of rotatable bonds is 3. The summed E-state index contributed by atoms with van der Waals surface area (Å²) in [5, 5.41) is 3.42. The smallest absolute Gasteiger partial charge is 0.205 e. The normalized spacial score (nSPS) is 30.8. The highest BCUT2D eigenvalue weighted by Crippen LogP contribution is 2.31. The van der Waals surface area contributed by atoms with Crippen molar-refractivity contribution in [3.63, 3.8) is 0 Å². The zero-order chi connectivity index (χ0) is 12.1. The highest BCUT2D eigenvalue weighted by Gasteiger charge is 2.23. The molecule has 2 saturated carbocycles. The molecule has 0 heterocycles. The lowest BCUT2D eigenvalue weighted by Gasteiger charge is -2.17. The third-order valence-corrected chi connectivity index (χ3v) is 4.36. The average molecular weight is 238 g/mol. The standard InChI is InChI=1S/C13H26N4/c1-10-5-4-6-11(10)9-15-13(17-14)16-12-7-2-3-8-12/h10-12H,2-9,14H2,1H3,(H2,15,16,17). The summed E-state index contributed by atoms with van der Waals surface area (Å²) in [6.45, 7) is 3.26. The summed E-state index contributed by atoms with van der Waals surface area (Å²) in [4.78, 5) is 4.61. The molecule has 0 amide bonds. The Balaban J connectivity index is 1.79. The van der Waals surface area contributed by atoms with Gasteiger partial charge in [-0.15, -0.1) is 0 Å². The Bertz CT molecular complexity index is 258. The van der Waals surface area contributed by atoms with E-state index in [0.717, 1.165) is 24.3 Å². The molecule has 0 bridgehead atoms. The molecule has 0 aromatic heterocycles. The first kappa shape index (κ1) is 12.7. The van der Waals surface area contributed by atoms with E-state index in [4.69, 9.17) is 5.84 Å². The number of nitrogens with two attached hydrogens (primary N) is 1. The van der Waals surface area contributed by atoms with Crippen LogP contribution in [-0.2, 0) is 0 Å².